The van der Waals surface area contributed by atoms with Gasteiger partial charge in [-0.05, 0) is 38.1 Å². The quantitative estimate of drug-likeness (QED) is 0.816. The van der Waals surface area contributed by atoms with Gasteiger partial charge in [0, 0.05) is 25.0 Å². The highest BCUT2D eigenvalue weighted by atomic mass is 16.2. The van der Waals surface area contributed by atoms with Gasteiger partial charge >= 0.3 is 0 Å². The fraction of sp³-hybridized carbons (Fsp3) is 0.929. The first-order valence-electron chi connectivity index (χ1n) is 7.14. The molecule has 0 spiro atoms. The standard InChI is InChI=1S/C14H26N2O/c1-12(2)11-14(5-3-6-14)13(17)16-9-4-7-15-8-10-16/h12,15H,3-11H2,1-2H3. The van der Waals surface area contributed by atoms with Crippen molar-refractivity contribution in [3.05, 3.63) is 0 Å². The highest BCUT2D eigenvalue weighted by Crippen LogP contribution is 2.47. The molecule has 1 saturated carbocycles. The molecule has 1 saturated heterocycles. The minimum Gasteiger partial charge on any atom is -0.341 e. The molecule has 0 aromatic rings. The van der Waals surface area contributed by atoms with Crippen molar-refractivity contribution in [2.24, 2.45) is 11.3 Å². The maximum atomic E-state index is 12.7. The molecule has 98 valence electrons. The highest BCUT2D eigenvalue weighted by molar-refractivity contribution is 5.83. The van der Waals surface area contributed by atoms with Crippen molar-refractivity contribution in [2.45, 2.75) is 46.0 Å². The molecule has 0 unspecified atom stereocenters. The summed E-state index contributed by atoms with van der Waals surface area (Å²) in [7, 11) is 0. The number of rotatable bonds is 3. The largest absolute Gasteiger partial charge is 0.341 e. The molecule has 0 aromatic carbocycles. The van der Waals surface area contributed by atoms with Crippen LogP contribution in [-0.4, -0.2) is 37.0 Å². The summed E-state index contributed by atoms with van der Waals surface area (Å²) >= 11 is 0. The lowest BCUT2D eigenvalue weighted by molar-refractivity contribution is -0.148. The summed E-state index contributed by atoms with van der Waals surface area (Å²) < 4.78 is 0. The minimum atomic E-state index is 0.0124. The molecular formula is C14H26N2O. The molecule has 3 heteroatoms. The first-order valence-corrected chi connectivity index (χ1v) is 7.14. The van der Waals surface area contributed by atoms with Gasteiger partial charge in [-0.15, -0.1) is 0 Å². The van der Waals surface area contributed by atoms with E-state index >= 15 is 0 Å². The monoisotopic (exact) mass is 238 g/mol. The molecule has 1 aliphatic carbocycles. The van der Waals surface area contributed by atoms with E-state index < -0.39 is 0 Å². The van der Waals surface area contributed by atoms with Crippen molar-refractivity contribution < 1.29 is 4.79 Å². The second kappa shape index (κ2) is 5.38. The molecule has 0 bridgehead atoms. The third kappa shape index (κ3) is 2.82. The number of carbonyl (C=O) groups is 1. The topological polar surface area (TPSA) is 32.3 Å². The lowest BCUT2D eigenvalue weighted by atomic mass is 9.63. The Balaban J connectivity index is 2.00. The van der Waals surface area contributed by atoms with Gasteiger partial charge in [0.15, 0.2) is 0 Å². The van der Waals surface area contributed by atoms with Gasteiger partial charge in [0.2, 0.25) is 5.91 Å². The SMILES string of the molecule is CC(C)CC1(C(=O)N2CCCNCC2)CCC1. The van der Waals surface area contributed by atoms with E-state index in [0.717, 1.165) is 51.9 Å². The van der Waals surface area contributed by atoms with Crippen LogP contribution in [0.25, 0.3) is 0 Å². The number of nitrogens with one attached hydrogen (secondary N) is 1. The molecule has 3 nitrogen and oxygen atoms in total. The molecule has 2 fully saturated rings. The van der Waals surface area contributed by atoms with Gasteiger partial charge in [-0.1, -0.05) is 20.3 Å². The fourth-order valence-corrected chi connectivity index (χ4v) is 3.27. The minimum absolute atomic E-state index is 0.0124. The van der Waals surface area contributed by atoms with Crippen LogP contribution < -0.4 is 5.32 Å². The number of hydrogen-bond acceptors (Lipinski definition) is 2. The van der Waals surface area contributed by atoms with E-state index in [4.69, 9.17) is 0 Å². The van der Waals surface area contributed by atoms with Gasteiger partial charge in [-0.2, -0.15) is 0 Å². The van der Waals surface area contributed by atoms with E-state index in [2.05, 4.69) is 24.1 Å². The Labute approximate surface area is 105 Å². The van der Waals surface area contributed by atoms with Crippen molar-refractivity contribution in [3.8, 4) is 0 Å². The predicted molar refractivity (Wildman–Crippen MR) is 69.8 cm³/mol. The van der Waals surface area contributed by atoms with Crippen LogP contribution in [-0.2, 0) is 4.79 Å². The van der Waals surface area contributed by atoms with Crippen LogP contribution in [0, 0.1) is 11.3 Å². The lowest BCUT2D eigenvalue weighted by Crippen LogP contribution is -2.49. The van der Waals surface area contributed by atoms with Crippen molar-refractivity contribution >= 4 is 5.91 Å². The summed E-state index contributed by atoms with van der Waals surface area (Å²) in [6.07, 6.45) is 5.66. The predicted octanol–water partition coefficient (Wildman–Crippen LogP) is 2.02. The Morgan fingerprint density at radius 3 is 2.59 bits per heavy atom. The smallest absolute Gasteiger partial charge is 0.228 e. The summed E-state index contributed by atoms with van der Waals surface area (Å²) in [6.45, 7) is 8.34. The van der Waals surface area contributed by atoms with Crippen LogP contribution in [0.5, 0.6) is 0 Å². The van der Waals surface area contributed by atoms with Crippen molar-refractivity contribution in [1.29, 1.82) is 0 Å². The molecule has 2 rings (SSSR count). The molecule has 1 heterocycles. The summed E-state index contributed by atoms with van der Waals surface area (Å²) in [5.74, 6) is 1.07. The van der Waals surface area contributed by atoms with E-state index in [1.54, 1.807) is 0 Å². The average Bonchev–Trinajstić information content (AvgIpc) is 2.50. The van der Waals surface area contributed by atoms with Crippen molar-refractivity contribution in [1.82, 2.24) is 10.2 Å². The molecular weight excluding hydrogens is 212 g/mol. The van der Waals surface area contributed by atoms with Gasteiger partial charge < -0.3 is 10.2 Å². The summed E-state index contributed by atoms with van der Waals surface area (Å²) in [5.41, 5.74) is 0.0124. The van der Waals surface area contributed by atoms with Gasteiger partial charge in [-0.25, -0.2) is 0 Å². The van der Waals surface area contributed by atoms with Gasteiger partial charge in [0.05, 0.1) is 0 Å². The third-order valence-corrected chi connectivity index (χ3v) is 4.19. The van der Waals surface area contributed by atoms with E-state index in [1.165, 1.54) is 6.42 Å². The first kappa shape index (κ1) is 12.9. The van der Waals surface area contributed by atoms with Crippen molar-refractivity contribution in [2.75, 3.05) is 26.2 Å². The summed E-state index contributed by atoms with van der Waals surface area (Å²) in [5, 5.41) is 3.37. The van der Waals surface area contributed by atoms with Gasteiger partial charge in [0.1, 0.15) is 0 Å². The molecule has 1 N–H and O–H groups in total. The first-order chi connectivity index (χ1) is 8.14. The fourth-order valence-electron chi connectivity index (χ4n) is 3.27. The summed E-state index contributed by atoms with van der Waals surface area (Å²) in [6, 6.07) is 0. The number of amides is 1. The third-order valence-electron chi connectivity index (χ3n) is 4.19. The molecule has 17 heavy (non-hydrogen) atoms. The van der Waals surface area contributed by atoms with E-state index in [0.29, 0.717) is 11.8 Å². The molecule has 1 amide bonds. The van der Waals surface area contributed by atoms with Crippen LogP contribution in [0.2, 0.25) is 0 Å². The van der Waals surface area contributed by atoms with Crippen LogP contribution >= 0.6 is 0 Å². The second-order valence-corrected chi connectivity index (χ2v) is 6.13. The number of nitrogens with zero attached hydrogens (tertiary/aromatic N) is 1. The molecule has 0 radical (unpaired) electrons. The zero-order valence-corrected chi connectivity index (χ0v) is 11.3. The number of hydrogen-bond donors (Lipinski definition) is 1. The van der Waals surface area contributed by atoms with E-state index in [1.807, 2.05) is 0 Å². The zero-order chi connectivity index (χ0) is 12.3. The maximum Gasteiger partial charge on any atom is 0.228 e. The van der Waals surface area contributed by atoms with E-state index in [-0.39, 0.29) is 5.41 Å². The Morgan fingerprint density at radius 1 is 1.24 bits per heavy atom. The highest BCUT2D eigenvalue weighted by Gasteiger charge is 2.46. The second-order valence-electron chi connectivity index (χ2n) is 6.13. The van der Waals surface area contributed by atoms with E-state index in [9.17, 15) is 4.79 Å². The molecule has 0 atom stereocenters. The van der Waals surface area contributed by atoms with Crippen LogP contribution in [0.15, 0.2) is 0 Å². The van der Waals surface area contributed by atoms with Crippen LogP contribution in [0.1, 0.15) is 46.0 Å². The summed E-state index contributed by atoms with van der Waals surface area (Å²) in [4.78, 5) is 14.8. The Kier molecular flexibility index (Phi) is 4.08. The number of carbonyl (C=O) groups excluding carboxylic acids is 1. The molecule has 2 aliphatic rings. The Hall–Kier alpha value is -0.570. The van der Waals surface area contributed by atoms with Crippen molar-refractivity contribution in [3.63, 3.8) is 0 Å². The lowest BCUT2D eigenvalue weighted by Gasteiger charge is -2.44. The zero-order valence-electron chi connectivity index (χ0n) is 11.3. The normalized spacial score (nSPS) is 24.3. The van der Waals surface area contributed by atoms with Gasteiger partial charge in [-0.3, -0.25) is 4.79 Å². The van der Waals surface area contributed by atoms with Gasteiger partial charge in [0.25, 0.3) is 0 Å². The van der Waals surface area contributed by atoms with Crippen LogP contribution in [0.4, 0.5) is 0 Å². The molecule has 1 aliphatic heterocycles. The average molecular weight is 238 g/mol. The Bertz CT molecular complexity index is 263. The molecule has 0 aromatic heterocycles. The Morgan fingerprint density at radius 2 is 2.00 bits per heavy atom. The maximum absolute atomic E-state index is 12.7. The van der Waals surface area contributed by atoms with Crippen LogP contribution in [0.3, 0.4) is 0 Å².